The number of furan rings is 1. The second-order valence-corrected chi connectivity index (χ2v) is 7.86. The molecule has 2 aromatic heterocycles. The van der Waals surface area contributed by atoms with Gasteiger partial charge in [0.15, 0.2) is 5.58 Å². The van der Waals surface area contributed by atoms with Crippen molar-refractivity contribution < 1.29 is 14.0 Å². The summed E-state index contributed by atoms with van der Waals surface area (Å²) in [6.45, 7) is 3.20. The Hall–Kier alpha value is -3.19. The molecule has 4 heterocycles. The highest BCUT2D eigenvalue weighted by Gasteiger charge is 2.33. The molecule has 3 atom stereocenters. The molecule has 0 spiro atoms. The molecule has 2 aliphatic rings. The van der Waals surface area contributed by atoms with E-state index in [0.29, 0.717) is 28.6 Å². The summed E-state index contributed by atoms with van der Waals surface area (Å²) in [7, 11) is 0. The molecule has 0 radical (unpaired) electrons. The van der Waals surface area contributed by atoms with Crippen LogP contribution in [-0.2, 0) is 0 Å². The molecular formula is C22H22N4O3. The number of nitrogens with one attached hydrogen (secondary N) is 2. The first-order valence-corrected chi connectivity index (χ1v) is 9.93. The number of amides is 2. The molecule has 148 valence electrons. The highest BCUT2D eigenvalue weighted by molar-refractivity contribution is 6.04. The fraction of sp³-hybridized carbons (Fsp3) is 0.318. The van der Waals surface area contributed by atoms with E-state index >= 15 is 0 Å². The van der Waals surface area contributed by atoms with Crippen molar-refractivity contribution in [3.8, 4) is 0 Å². The summed E-state index contributed by atoms with van der Waals surface area (Å²) < 4.78 is 5.65. The number of hydrogen-bond acceptors (Lipinski definition) is 5. The van der Waals surface area contributed by atoms with Crippen LogP contribution in [0.2, 0.25) is 0 Å². The molecule has 1 aromatic carbocycles. The van der Waals surface area contributed by atoms with Gasteiger partial charge in [-0.3, -0.25) is 14.9 Å². The average molecular weight is 390 g/mol. The minimum Gasteiger partial charge on any atom is -0.439 e. The van der Waals surface area contributed by atoms with Crippen molar-refractivity contribution in [3.63, 3.8) is 0 Å². The van der Waals surface area contributed by atoms with Gasteiger partial charge in [0.2, 0.25) is 5.88 Å². The molecule has 2 saturated heterocycles. The lowest BCUT2D eigenvalue weighted by Gasteiger charge is -2.30. The molecule has 5 rings (SSSR count). The number of benzene rings is 1. The second kappa shape index (κ2) is 7.33. The van der Waals surface area contributed by atoms with E-state index in [4.69, 9.17) is 4.42 Å². The van der Waals surface area contributed by atoms with Crippen LogP contribution in [0.4, 0.5) is 5.88 Å². The summed E-state index contributed by atoms with van der Waals surface area (Å²) in [6.07, 6.45) is 3.78. The summed E-state index contributed by atoms with van der Waals surface area (Å²) in [5, 5.41) is 6.58. The first-order valence-electron chi connectivity index (χ1n) is 9.93. The number of fused-ring (bicyclic) bond motifs is 3. The van der Waals surface area contributed by atoms with E-state index in [1.165, 1.54) is 12.6 Å². The third-order valence-corrected chi connectivity index (χ3v) is 5.71. The predicted octanol–water partition coefficient (Wildman–Crippen LogP) is 2.90. The molecule has 2 aliphatic heterocycles. The fourth-order valence-corrected chi connectivity index (χ4v) is 4.33. The minimum absolute atomic E-state index is 0.171. The Morgan fingerprint density at radius 2 is 1.97 bits per heavy atom. The maximum atomic E-state index is 12.7. The predicted molar refractivity (Wildman–Crippen MR) is 109 cm³/mol. The molecule has 29 heavy (non-hydrogen) atoms. The second-order valence-electron chi connectivity index (χ2n) is 7.86. The Morgan fingerprint density at radius 1 is 1.10 bits per heavy atom. The van der Waals surface area contributed by atoms with Gasteiger partial charge in [-0.2, -0.15) is 0 Å². The van der Waals surface area contributed by atoms with Crippen molar-refractivity contribution in [2.75, 3.05) is 25.0 Å². The lowest BCUT2D eigenvalue weighted by molar-refractivity contribution is 0.0904. The van der Waals surface area contributed by atoms with Crippen molar-refractivity contribution in [3.05, 3.63) is 59.9 Å². The van der Waals surface area contributed by atoms with Crippen molar-refractivity contribution in [1.29, 1.82) is 0 Å². The smallest absolute Gasteiger partial charge is 0.270 e. The van der Waals surface area contributed by atoms with Crippen LogP contribution in [0.3, 0.4) is 0 Å². The number of nitrogens with zero attached hydrogens (tertiary/aromatic N) is 2. The standard InChI is InChI=1S/C22H22N4O3/c27-21(15-4-2-1-3-5-15)25-20-10-16-9-18(23-11-19(16)29-20)22(28)24-17-8-14-6-7-26(12-14)13-17/h1-5,9-11,14,17H,6-8,12-13H2,(H,24,28)(H,25,27)/t14-,17+/m0/s1. The zero-order chi connectivity index (χ0) is 19.8. The summed E-state index contributed by atoms with van der Waals surface area (Å²) in [4.78, 5) is 31.6. The summed E-state index contributed by atoms with van der Waals surface area (Å²) in [6, 6.07) is 12.5. The lowest BCUT2D eigenvalue weighted by Crippen LogP contribution is -2.47. The molecule has 1 unspecified atom stereocenters. The quantitative estimate of drug-likeness (QED) is 0.715. The van der Waals surface area contributed by atoms with E-state index in [-0.39, 0.29) is 17.9 Å². The average Bonchev–Trinajstić information content (AvgIpc) is 3.29. The fourth-order valence-electron chi connectivity index (χ4n) is 4.33. The van der Waals surface area contributed by atoms with Crippen molar-refractivity contribution in [2.24, 2.45) is 5.92 Å². The number of aromatic nitrogens is 1. The van der Waals surface area contributed by atoms with Crippen LogP contribution < -0.4 is 10.6 Å². The van der Waals surface area contributed by atoms with Crippen molar-refractivity contribution in [2.45, 2.75) is 18.9 Å². The Labute approximate surface area is 168 Å². The Balaban J connectivity index is 1.29. The molecule has 3 aromatic rings. The van der Waals surface area contributed by atoms with Gasteiger partial charge in [-0.25, -0.2) is 4.98 Å². The van der Waals surface area contributed by atoms with Crippen LogP contribution in [0.5, 0.6) is 0 Å². The topological polar surface area (TPSA) is 87.5 Å². The number of hydrogen-bond donors (Lipinski definition) is 2. The van der Waals surface area contributed by atoms with Gasteiger partial charge in [0, 0.05) is 36.1 Å². The van der Waals surface area contributed by atoms with Gasteiger partial charge in [0.05, 0.1) is 6.20 Å². The first-order chi connectivity index (χ1) is 14.1. The number of piperidine rings is 1. The number of anilines is 1. The Kier molecular flexibility index (Phi) is 4.52. The minimum atomic E-state index is -0.252. The van der Waals surface area contributed by atoms with Crippen molar-refractivity contribution >= 4 is 28.7 Å². The van der Waals surface area contributed by atoms with Crippen LogP contribution in [0, 0.1) is 5.92 Å². The molecular weight excluding hydrogens is 368 g/mol. The Bertz CT molecular complexity index is 1050. The van der Waals surface area contributed by atoms with Gasteiger partial charge in [0.1, 0.15) is 5.69 Å². The maximum absolute atomic E-state index is 12.7. The van der Waals surface area contributed by atoms with Crippen molar-refractivity contribution in [1.82, 2.24) is 15.2 Å². The normalized spacial score (nSPS) is 23.1. The molecule has 2 N–H and O–H groups in total. The van der Waals surface area contributed by atoms with E-state index in [9.17, 15) is 9.59 Å². The number of rotatable bonds is 4. The van der Waals surface area contributed by atoms with E-state index in [2.05, 4.69) is 20.5 Å². The summed E-state index contributed by atoms with van der Waals surface area (Å²) in [5.41, 5.74) is 1.42. The highest BCUT2D eigenvalue weighted by atomic mass is 16.4. The van der Waals surface area contributed by atoms with Crippen LogP contribution in [-0.4, -0.2) is 47.4 Å². The molecule has 7 heteroatoms. The third-order valence-electron chi connectivity index (χ3n) is 5.71. The zero-order valence-electron chi connectivity index (χ0n) is 15.9. The summed E-state index contributed by atoms with van der Waals surface area (Å²) in [5.74, 6) is 0.590. The largest absolute Gasteiger partial charge is 0.439 e. The SMILES string of the molecule is O=C(Nc1cc2cc(C(=O)N[C@@H]3C[C@@H]4CCN(C4)C3)ncc2o1)c1ccccc1. The number of carbonyl (C=O) groups excluding carboxylic acids is 2. The molecule has 7 nitrogen and oxygen atoms in total. The molecule has 0 aliphatic carbocycles. The Morgan fingerprint density at radius 3 is 2.79 bits per heavy atom. The summed E-state index contributed by atoms with van der Waals surface area (Å²) >= 11 is 0. The van der Waals surface area contributed by atoms with Gasteiger partial charge < -0.3 is 14.6 Å². The van der Waals surface area contributed by atoms with E-state index in [1.807, 2.05) is 6.07 Å². The zero-order valence-corrected chi connectivity index (χ0v) is 15.9. The highest BCUT2D eigenvalue weighted by Crippen LogP contribution is 2.27. The van der Waals surface area contributed by atoms with Gasteiger partial charge in [-0.15, -0.1) is 0 Å². The third kappa shape index (κ3) is 3.73. The van der Waals surface area contributed by atoms with Gasteiger partial charge >= 0.3 is 0 Å². The van der Waals surface area contributed by atoms with Gasteiger partial charge in [0.25, 0.3) is 11.8 Å². The van der Waals surface area contributed by atoms with Crippen LogP contribution >= 0.6 is 0 Å². The monoisotopic (exact) mass is 390 g/mol. The first kappa shape index (κ1) is 17.9. The molecule has 2 amide bonds. The maximum Gasteiger partial charge on any atom is 0.270 e. The van der Waals surface area contributed by atoms with Crippen LogP contribution in [0.15, 0.2) is 53.1 Å². The van der Waals surface area contributed by atoms with E-state index in [1.54, 1.807) is 36.4 Å². The van der Waals surface area contributed by atoms with Crippen LogP contribution in [0.25, 0.3) is 11.0 Å². The van der Waals surface area contributed by atoms with Gasteiger partial charge in [-0.1, -0.05) is 18.2 Å². The van der Waals surface area contributed by atoms with E-state index in [0.717, 1.165) is 31.4 Å². The van der Waals surface area contributed by atoms with Crippen LogP contribution in [0.1, 0.15) is 33.7 Å². The molecule has 2 fully saturated rings. The number of carbonyl (C=O) groups is 2. The number of pyridine rings is 1. The molecule has 2 bridgehead atoms. The molecule has 0 saturated carbocycles. The van der Waals surface area contributed by atoms with Gasteiger partial charge in [-0.05, 0) is 43.5 Å². The lowest BCUT2D eigenvalue weighted by atomic mass is 9.97. The van der Waals surface area contributed by atoms with E-state index < -0.39 is 0 Å².